The highest BCUT2D eigenvalue weighted by atomic mass is 79.9. The van der Waals surface area contributed by atoms with Crippen LogP contribution in [0.5, 0.6) is 5.75 Å². The van der Waals surface area contributed by atoms with Crippen LogP contribution in [0.25, 0.3) is 0 Å². The van der Waals surface area contributed by atoms with Crippen LogP contribution in [0.1, 0.15) is 47.5 Å². The van der Waals surface area contributed by atoms with Crippen molar-refractivity contribution in [2.45, 2.75) is 40.0 Å². The first kappa shape index (κ1) is 21.4. The first-order chi connectivity index (χ1) is 12.9. The fourth-order valence-electron chi connectivity index (χ4n) is 2.40. The topological polar surface area (TPSA) is 64.6 Å². The van der Waals surface area contributed by atoms with Gasteiger partial charge in [0.15, 0.2) is 0 Å². The Kier molecular flexibility index (Phi) is 8.31. The number of thiophene rings is 1. The second-order valence-electron chi connectivity index (χ2n) is 5.96. The minimum absolute atomic E-state index is 0.142. The van der Waals surface area contributed by atoms with E-state index in [-0.39, 0.29) is 5.91 Å². The molecule has 0 radical (unpaired) electrons. The van der Waals surface area contributed by atoms with E-state index >= 15 is 0 Å². The minimum Gasteiger partial charge on any atom is -0.492 e. The van der Waals surface area contributed by atoms with Gasteiger partial charge in [0, 0.05) is 11.3 Å². The fourth-order valence-corrected chi connectivity index (χ4v) is 4.00. The molecular formula is C20H24BrNO4S. The molecule has 0 bridgehead atoms. The van der Waals surface area contributed by atoms with Crippen LogP contribution in [-0.4, -0.2) is 25.1 Å². The average molecular weight is 454 g/mol. The summed E-state index contributed by atoms with van der Waals surface area (Å²) in [7, 11) is 0. The van der Waals surface area contributed by atoms with Gasteiger partial charge in [-0.1, -0.05) is 13.0 Å². The number of anilines is 1. The minimum atomic E-state index is -0.406. The van der Waals surface area contributed by atoms with Crippen molar-refractivity contribution in [2.24, 2.45) is 0 Å². The smallest absolute Gasteiger partial charge is 0.341 e. The van der Waals surface area contributed by atoms with Crippen molar-refractivity contribution in [3.8, 4) is 5.75 Å². The van der Waals surface area contributed by atoms with E-state index in [2.05, 4.69) is 21.2 Å². The Morgan fingerprint density at radius 2 is 2.00 bits per heavy atom. The summed E-state index contributed by atoms with van der Waals surface area (Å²) < 4.78 is 11.7. The van der Waals surface area contributed by atoms with Gasteiger partial charge in [-0.3, -0.25) is 4.79 Å². The van der Waals surface area contributed by atoms with Gasteiger partial charge in [0.25, 0.3) is 0 Å². The number of rotatable bonds is 9. The molecule has 0 spiro atoms. The summed E-state index contributed by atoms with van der Waals surface area (Å²) in [4.78, 5) is 25.3. The van der Waals surface area contributed by atoms with Crippen molar-refractivity contribution < 1.29 is 19.1 Å². The number of carbonyl (C=O) groups excluding carboxylic acids is 2. The van der Waals surface area contributed by atoms with E-state index in [4.69, 9.17) is 9.47 Å². The summed E-state index contributed by atoms with van der Waals surface area (Å²) in [5.74, 6) is 0.212. The second-order valence-corrected chi connectivity index (χ2v) is 7.95. The molecule has 0 saturated carbocycles. The lowest BCUT2D eigenvalue weighted by molar-refractivity contribution is -0.116. The standard InChI is InChI=1S/C20H24BrNO4S/c1-4-14-12-15(20(24)25-5-2)19(27-14)22-18(23)7-6-10-26-17-9-8-13(3)11-16(17)21/h8-9,11-12H,4-7,10H2,1-3H3,(H,22,23). The van der Waals surface area contributed by atoms with Crippen LogP contribution < -0.4 is 10.1 Å². The molecule has 2 aromatic rings. The van der Waals surface area contributed by atoms with E-state index in [0.29, 0.717) is 36.6 Å². The average Bonchev–Trinajstić information content (AvgIpc) is 3.03. The molecule has 0 saturated heterocycles. The molecule has 0 atom stereocenters. The Hall–Kier alpha value is -1.86. The number of amides is 1. The van der Waals surface area contributed by atoms with Gasteiger partial charge >= 0.3 is 5.97 Å². The van der Waals surface area contributed by atoms with Crippen molar-refractivity contribution >= 4 is 44.1 Å². The molecule has 1 aromatic carbocycles. The first-order valence-electron chi connectivity index (χ1n) is 8.93. The zero-order valence-corrected chi connectivity index (χ0v) is 18.2. The molecule has 0 unspecified atom stereocenters. The third-order valence-electron chi connectivity index (χ3n) is 3.77. The van der Waals surface area contributed by atoms with E-state index < -0.39 is 5.97 Å². The van der Waals surface area contributed by atoms with Crippen molar-refractivity contribution in [1.82, 2.24) is 0 Å². The third-order valence-corrected chi connectivity index (χ3v) is 5.59. The van der Waals surface area contributed by atoms with Crippen LogP contribution in [0.3, 0.4) is 0 Å². The summed E-state index contributed by atoms with van der Waals surface area (Å²) in [6.45, 7) is 6.51. The van der Waals surface area contributed by atoms with E-state index in [0.717, 1.165) is 27.1 Å². The maximum absolute atomic E-state index is 12.2. The number of aryl methyl sites for hydroxylation is 2. The highest BCUT2D eigenvalue weighted by Crippen LogP contribution is 2.30. The Morgan fingerprint density at radius 1 is 1.22 bits per heavy atom. The van der Waals surface area contributed by atoms with Crippen molar-refractivity contribution in [2.75, 3.05) is 18.5 Å². The van der Waals surface area contributed by atoms with Crippen molar-refractivity contribution in [3.63, 3.8) is 0 Å². The predicted molar refractivity (Wildman–Crippen MR) is 112 cm³/mol. The summed E-state index contributed by atoms with van der Waals surface area (Å²) in [5.41, 5.74) is 1.57. The van der Waals surface area contributed by atoms with Gasteiger partial charge in [0.2, 0.25) is 5.91 Å². The number of hydrogen-bond donors (Lipinski definition) is 1. The molecule has 0 aliphatic rings. The van der Waals surface area contributed by atoms with Gasteiger partial charge in [-0.05, 0) is 66.4 Å². The highest BCUT2D eigenvalue weighted by Gasteiger charge is 2.18. The van der Waals surface area contributed by atoms with Crippen molar-refractivity contribution in [3.05, 3.63) is 44.7 Å². The lowest BCUT2D eigenvalue weighted by Crippen LogP contribution is -2.14. The van der Waals surface area contributed by atoms with E-state index in [9.17, 15) is 9.59 Å². The Labute approximate surface area is 172 Å². The molecule has 0 fully saturated rings. The molecule has 1 heterocycles. The zero-order chi connectivity index (χ0) is 19.8. The maximum Gasteiger partial charge on any atom is 0.341 e. The summed E-state index contributed by atoms with van der Waals surface area (Å²) in [6.07, 6.45) is 1.68. The molecule has 1 aromatic heterocycles. The highest BCUT2D eigenvalue weighted by molar-refractivity contribution is 9.10. The number of halogens is 1. The molecule has 2 rings (SSSR count). The van der Waals surface area contributed by atoms with E-state index in [1.807, 2.05) is 32.0 Å². The molecular weight excluding hydrogens is 430 g/mol. The van der Waals surface area contributed by atoms with Crippen LogP contribution in [0.4, 0.5) is 5.00 Å². The lowest BCUT2D eigenvalue weighted by atomic mass is 10.2. The van der Waals surface area contributed by atoms with E-state index in [1.165, 1.54) is 11.3 Å². The molecule has 1 amide bonds. The van der Waals surface area contributed by atoms with Gasteiger partial charge < -0.3 is 14.8 Å². The lowest BCUT2D eigenvalue weighted by Gasteiger charge is -2.09. The Balaban J connectivity index is 1.86. The number of ether oxygens (including phenoxy) is 2. The summed E-state index contributed by atoms with van der Waals surface area (Å²) >= 11 is 4.88. The van der Waals surface area contributed by atoms with Gasteiger partial charge in [0.05, 0.1) is 23.2 Å². The van der Waals surface area contributed by atoms with Gasteiger partial charge in [0.1, 0.15) is 10.8 Å². The number of benzene rings is 1. The molecule has 146 valence electrons. The summed E-state index contributed by atoms with van der Waals surface area (Å²) in [5, 5.41) is 3.39. The van der Waals surface area contributed by atoms with Crippen LogP contribution in [0.15, 0.2) is 28.7 Å². The first-order valence-corrected chi connectivity index (χ1v) is 10.5. The Bertz CT molecular complexity index is 803. The van der Waals surface area contributed by atoms with Crippen LogP contribution in [-0.2, 0) is 16.0 Å². The number of nitrogens with one attached hydrogen (secondary N) is 1. The molecule has 5 nitrogen and oxygen atoms in total. The molecule has 7 heteroatoms. The predicted octanol–water partition coefficient (Wildman–Crippen LogP) is 5.36. The normalized spacial score (nSPS) is 10.5. The largest absolute Gasteiger partial charge is 0.492 e. The van der Waals surface area contributed by atoms with Crippen LogP contribution >= 0.6 is 27.3 Å². The molecule has 1 N–H and O–H groups in total. The third kappa shape index (κ3) is 6.36. The Morgan fingerprint density at radius 3 is 2.67 bits per heavy atom. The zero-order valence-electron chi connectivity index (χ0n) is 15.8. The fraction of sp³-hybridized carbons (Fsp3) is 0.400. The van der Waals surface area contributed by atoms with E-state index in [1.54, 1.807) is 13.0 Å². The van der Waals surface area contributed by atoms with Gasteiger partial charge in [-0.2, -0.15) is 0 Å². The SMILES string of the molecule is CCOC(=O)c1cc(CC)sc1NC(=O)CCCOc1ccc(C)cc1Br. The number of esters is 1. The molecule has 0 aliphatic heterocycles. The van der Waals surface area contributed by atoms with Crippen LogP contribution in [0.2, 0.25) is 0 Å². The monoisotopic (exact) mass is 453 g/mol. The molecule has 0 aliphatic carbocycles. The van der Waals surface area contributed by atoms with Crippen LogP contribution in [0, 0.1) is 6.92 Å². The summed E-state index contributed by atoms with van der Waals surface area (Å²) in [6, 6.07) is 7.66. The second kappa shape index (κ2) is 10.5. The quantitative estimate of drug-likeness (QED) is 0.410. The number of carbonyl (C=O) groups is 2. The number of hydrogen-bond acceptors (Lipinski definition) is 5. The van der Waals surface area contributed by atoms with Crippen molar-refractivity contribution in [1.29, 1.82) is 0 Å². The maximum atomic E-state index is 12.2. The van der Waals surface area contributed by atoms with Gasteiger partial charge in [-0.25, -0.2) is 4.79 Å². The molecule has 27 heavy (non-hydrogen) atoms. The van der Waals surface area contributed by atoms with Gasteiger partial charge in [-0.15, -0.1) is 11.3 Å².